The molecule has 0 spiro atoms. The van der Waals surface area contributed by atoms with Crippen LogP contribution in [0.5, 0.6) is 0 Å². The number of H-pyrrole nitrogens is 1. The molecule has 0 aliphatic rings. The van der Waals surface area contributed by atoms with Gasteiger partial charge < -0.3 is 14.4 Å². The summed E-state index contributed by atoms with van der Waals surface area (Å²) >= 11 is 0. The number of carbonyl (C=O) groups is 1. The molecule has 0 fully saturated rings. The highest BCUT2D eigenvalue weighted by Gasteiger charge is 2.25. The molecule has 1 amide bonds. The molecule has 1 aromatic heterocycles. The van der Waals surface area contributed by atoms with Crippen molar-refractivity contribution in [3.8, 4) is 0 Å². The lowest BCUT2D eigenvalue weighted by atomic mass is 10.1. The predicted octanol–water partition coefficient (Wildman–Crippen LogP) is 1.15. The first-order chi connectivity index (χ1) is 9.02. The van der Waals surface area contributed by atoms with Crippen molar-refractivity contribution in [2.24, 2.45) is 0 Å². The van der Waals surface area contributed by atoms with Gasteiger partial charge in [0.1, 0.15) is 0 Å². The van der Waals surface area contributed by atoms with E-state index in [2.05, 4.69) is 10.2 Å². The molecule has 1 N–H and O–H groups in total. The summed E-state index contributed by atoms with van der Waals surface area (Å²) in [5, 5.41) is 6.91. The number of amides is 1. The van der Waals surface area contributed by atoms with Crippen LogP contribution in [0.2, 0.25) is 0 Å². The van der Waals surface area contributed by atoms with Crippen LogP contribution in [0.1, 0.15) is 28.7 Å². The van der Waals surface area contributed by atoms with Gasteiger partial charge in [-0.2, -0.15) is 5.10 Å². The van der Waals surface area contributed by atoms with E-state index < -0.39 is 0 Å². The molecule has 1 rings (SSSR count). The summed E-state index contributed by atoms with van der Waals surface area (Å²) in [4.78, 5) is 14.4. The van der Waals surface area contributed by atoms with Crippen molar-refractivity contribution in [1.82, 2.24) is 15.1 Å². The second-order valence-electron chi connectivity index (χ2n) is 4.60. The van der Waals surface area contributed by atoms with Gasteiger partial charge in [0.05, 0.1) is 30.5 Å². The highest BCUT2D eigenvalue weighted by atomic mass is 16.5. The van der Waals surface area contributed by atoms with Crippen molar-refractivity contribution in [2.45, 2.75) is 26.8 Å². The third-order valence-corrected chi connectivity index (χ3v) is 3.08. The first-order valence-corrected chi connectivity index (χ1v) is 6.33. The van der Waals surface area contributed by atoms with E-state index in [0.29, 0.717) is 25.3 Å². The molecule has 1 atom stereocenters. The second kappa shape index (κ2) is 7.25. The van der Waals surface area contributed by atoms with Crippen LogP contribution < -0.4 is 0 Å². The molecule has 0 aromatic carbocycles. The van der Waals surface area contributed by atoms with Gasteiger partial charge in [0.25, 0.3) is 5.91 Å². The lowest BCUT2D eigenvalue weighted by Crippen LogP contribution is -2.43. The fourth-order valence-electron chi connectivity index (χ4n) is 2.05. The molecule has 6 nitrogen and oxygen atoms in total. The number of hydrogen-bond acceptors (Lipinski definition) is 4. The molecule has 0 radical (unpaired) electrons. The largest absolute Gasteiger partial charge is 0.383 e. The molecule has 0 aliphatic heterocycles. The Labute approximate surface area is 114 Å². The Hall–Kier alpha value is -1.40. The van der Waals surface area contributed by atoms with Gasteiger partial charge in [-0.3, -0.25) is 9.89 Å². The van der Waals surface area contributed by atoms with Crippen molar-refractivity contribution in [3.63, 3.8) is 0 Å². The van der Waals surface area contributed by atoms with Crippen LogP contribution in [0.15, 0.2) is 0 Å². The lowest BCUT2D eigenvalue weighted by Gasteiger charge is -2.28. The van der Waals surface area contributed by atoms with E-state index in [1.54, 1.807) is 19.1 Å². The predicted molar refractivity (Wildman–Crippen MR) is 72.3 cm³/mol. The third kappa shape index (κ3) is 3.78. The number of nitrogens with zero attached hydrogens (tertiary/aromatic N) is 2. The van der Waals surface area contributed by atoms with Gasteiger partial charge in [-0.1, -0.05) is 0 Å². The Morgan fingerprint density at radius 1 is 1.37 bits per heavy atom. The number of methoxy groups -OCH3 is 2. The standard InChI is InChI=1S/C13H23N3O3/c1-9(8-19-5)16(6-7-18-4)13(17)12-10(2)14-15-11(12)3/h9H,6-8H2,1-5H3,(H,14,15). The minimum Gasteiger partial charge on any atom is -0.383 e. The van der Waals surface area contributed by atoms with E-state index >= 15 is 0 Å². The number of nitrogens with one attached hydrogen (secondary N) is 1. The zero-order valence-electron chi connectivity index (χ0n) is 12.3. The van der Waals surface area contributed by atoms with Gasteiger partial charge >= 0.3 is 0 Å². The normalized spacial score (nSPS) is 12.5. The van der Waals surface area contributed by atoms with Crippen LogP contribution >= 0.6 is 0 Å². The minimum absolute atomic E-state index is 0.0126. The Morgan fingerprint density at radius 3 is 2.53 bits per heavy atom. The van der Waals surface area contributed by atoms with Crippen molar-refractivity contribution in [1.29, 1.82) is 0 Å². The molecular weight excluding hydrogens is 246 g/mol. The Balaban J connectivity index is 2.93. The topological polar surface area (TPSA) is 67.5 Å². The molecule has 0 bridgehead atoms. The number of aryl methyl sites for hydroxylation is 2. The van der Waals surface area contributed by atoms with E-state index in [-0.39, 0.29) is 11.9 Å². The summed E-state index contributed by atoms with van der Waals surface area (Å²) in [5.74, 6) is -0.0367. The maximum Gasteiger partial charge on any atom is 0.257 e. The third-order valence-electron chi connectivity index (χ3n) is 3.08. The van der Waals surface area contributed by atoms with Crippen LogP contribution in [0.25, 0.3) is 0 Å². The molecule has 0 aliphatic carbocycles. The lowest BCUT2D eigenvalue weighted by molar-refractivity contribution is 0.0478. The first-order valence-electron chi connectivity index (χ1n) is 6.33. The zero-order chi connectivity index (χ0) is 14.4. The molecule has 1 aromatic rings. The van der Waals surface area contributed by atoms with Crippen LogP contribution in [-0.2, 0) is 9.47 Å². The van der Waals surface area contributed by atoms with Gasteiger partial charge in [-0.05, 0) is 20.8 Å². The average Bonchev–Trinajstić information content (AvgIpc) is 2.69. The summed E-state index contributed by atoms with van der Waals surface area (Å²) in [6.07, 6.45) is 0. The van der Waals surface area contributed by atoms with E-state index in [0.717, 1.165) is 11.4 Å². The fraction of sp³-hybridized carbons (Fsp3) is 0.692. The highest BCUT2D eigenvalue weighted by Crippen LogP contribution is 2.15. The maximum absolute atomic E-state index is 12.6. The van der Waals surface area contributed by atoms with Crippen LogP contribution in [-0.4, -0.2) is 61.0 Å². The molecule has 0 saturated carbocycles. The van der Waals surface area contributed by atoms with Gasteiger partial charge in [-0.15, -0.1) is 0 Å². The maximum atomic E-state index is 12.6. The summed E-state index contributed by atoms with van der Waals surface area (Å²) < 4.78 is 10.2. The fourth-order valence-corrected chi connectivity index (χ4v) is 2.05. The number of aromatic nitrogens is 2. The zero-order valence-corrected chi connectivity index (χ0v) is 12.3. The summed E-state index contributed by atoms with van der Waals surface area (Å²) in [5.41, 5.74) is 2.14. The quantitative estimate of drug-likeness (QED) is 0.806. The number of rotatable bonds is 7. The number of aromatic amines is 1. The SMILES string of the molecule is COCCN(C(=O)c1c(C)n[nH]c1C)C(C)COC. The second-order valence-corrected chi connectivity index (χ2v) is 4.60. The molecule has 108 valence electrons. The van der Waals surface area contributed by atoms with Gasteiger partial charge in [0.15, 0.2) is 0 Å². The van der Waals surface area contributed by atoms with Gasteiger partial charge in [0.2, 0.25) is 0 Å². The smallest absolute Gasteiger partial charge is 0.257 e. The average molecular weight is 269 g/mol. The number of ether oxygens (including phenoxy) is 2. The number of carbonyl (C=O) groups excluding carboxylic acids is 1. The number of hydrogen-bond donors (Lipinski definition) is 1. The van der Waals surface area contributed by atoms with E-state index in [4.69, 9.17) is 9.47 Å². The highest BCUT2D eigenvalue weighted by molar-refractivity contribution is 5.96. The van der Waals surface area contributed by atoms with Crippen molar-refractivity contribution < 1.29 is 14.3 Å². The summed E-state index contributed by atoms with van der Waals surface area (Å²) in [6, 6.07) is -0.0126. The molecular formula is C13H23N3O3. The van der Waals surface area contributed by atoms with Crippen LogP contribution in [0.4, 0.5) is 0 Å². The van der Waals surface area contributed by atoms with Crippen LogP contribution in [0, 0.1) is 13.8 Å². The minimum atomic E-state index is -0.0367. The van der Waals surface area contributed by atoms with Crippen molar-refractivity contribution >= 4 is 5.91 Å². The molecule has 19 heavy (non-hydrogen) atoms. The Kier molecular flexibility index (Phi) is 5.98. The van der Waals surface area contributed by atoms with Crippen molar-refractivity contribution in [2.75, 3.05) is 34.0 Å². The monoisotopic (exact) mass is 269 g/mol. The van der Waals surface area contributed by atoms with E-state index in [1.807, 2.05) is 20.8 Å². The first kappa shape index (κ1) is 15.7. The Morgan fingerprint density at radius 2 is 2.05 bits per heavy atom. The Bertz CT molecular complexity index is 398. The molecule has 1 heterocycles. The van der Waals surface area contributed by atoms with Gasteiger partial charge in [-0.25, -0.2) is 0 Å². The van der Waals surface area contributed by atoms with Gasteiger partial charge in [0, 0.05) is 26.5 Å². The molecule has 0 saturated heterocycles. The summed E-state index contributed by atoms with van der Waals surface area (Å²) in [6.45, 7) is 7.15. The molecule has 6 heteroatoms. The molecule has 1 unspecified atom stereocenters. The van der Waals surface area contributed by atoms with E-state index in [9.17, 15) is 4.79 Å². The van der Waals surface area contributed by atoms with Crippen LogP contribution in [0.3, 0.4) is 0 Å². The van der Waals surface area contributed by atoms with Crippen molar-refractivity contribution in [3.05, 3.63) is 17.0 Å². The summed E-state index contributed by atoms with van der Waals surface area (Å²) in [7, 11) is 3.25. The van der Waals surface area contributed by atoms with E-state index in [1.165, 1.54) is 0 Å².